The van der Waals surface area contributed by atoms with Crippen molar-refractivity contribution in [1.82, 2.24) is 5.32 Å². The first kappa shape index (κ1) is 16.4. The molecule has 0 radical (unpaired) electrons. The SMILES string of the molecule is CC(C)C[C@H](N)C(=O)NCCc1cccs1.Cl. The zero-order valence-electron chi connectivity index (χ0n) is 10.3. The minimum absolute atomic E-state index is 0. The van der Waals surface area contributed by atoms with Crippen LogP contribution in [0.5, 0.6) is 0 Å². The van der Waals surface area contributed by atoms with E-state index in [2.05, 4.69) is 25.2 Å². The summed E-state index contributed by atoms with van der Waals surface area (Å²) >= 11 is 1.71. The number of nitrogens with two attached hydrogens (primary N) is 1. The van der Waals surface area contributed by atoms with Gasteiger partial charge in [-0.05, 0) is 30.2 Å². The molecule has 1 atom stereocenters. The first-order chi connectivity index (χ1) is 7.59. The van der Waals surface area contributed by atoms with Gasteiger partial charge in [-0.25, -0.2) is 0 Å². The van der Waals surface area contributed by atoms with E-state index in [1.54, 1.807) is 11.3 Å². The maximum Gasteiger partial charge on any atom is 0.236 e. The smallest absolute Gasteiger partial charge is 0.236 e. The molecule has 0 aliphatic rings. The predicted octanol–water partition coefficient (Wildman–Crippen LogP) is 2.20. The molecule has 1 aromatic heterocycles. The molecular formula is C12H21ClN2OS. The van der Waals surface area contributed by atoms with Crippen molar-refractivity contribution in [2.24, 2.45) is 11.7 Å². The first-order valence-corrected chi connectivity index (χ1v) is 6.53. The number of carbonyl (C=O) groups excluding carboxylic acids is 1. The lowest BCUT2D eigenvalue weighted by Gasteiger charge is -2.13. The largest absolute Gasteiger partial charge is 0.354 e. The van der Waals surface area contributed by atoms with Gasteiger partial charge < -0.3 is 11.1 Å². The molecule has 1 amide bonds. The molecule has 0 aromatic carbocycles. The Kier molecular flexibility index (Phi) is 8.21. The van der Waals surface area contributed by atoms with Gasteiger partial charge in [-0.1, -0.05) is 19.9 Å². The zero-order valence-corrected chi connectivity index (χ0v) is 11.9. The highest BCUT2D eigenvalue weighted by atomic mass is 35.5. The van der Waals surface area contributed by atoms with E-state index in [9.17, 15) is 4.79 Å². The Morgan fingerprint density at radius 2 is 2.24 bits per heavy atom. The molecule has 5 heteroatoms. The van der Waals surface area contributed by atoms with Gasteiger partial charge in [0.25, 0.3) is 0 Å². The van der Waals surface area contributed by atoms with Gasteiger partial charge in [-0.15, -0.1) is 23.7 Å². The monoisotopic (exact) mass is 276 g/mol. The lowest BCUT2D eigenvalue weighted by molar-refractivity contribution is -0.122. The molecule has 98 valence electrons. The third-order valence-electron chi connectivity index (χ3n) is 2.31. The highest BCUT2D eigenvalue weighted by Crippen LogP contribution is 2.08. The topological polar surface area (TPSA) is 55.1 Å². The minimum Gasteiger partial charge on any atom is -0.354 e. The van der Waals surface area contributed by atoms with E-state index in [0.29, 0.717) is 12.5 Å². The van der Waals surface area contributed by atoms with Crippen molar-refractivity contribution in [3.05, 3.63) is 22.4 Å². The quantitative estimate of drug-likeness (QED) is 0.837. The molecule has 3 nitrogen and oxygen atoms in total. The van der Waals surface area contributed by atoms with Crippen LogP contribution in [0.25, 0.3) is 0 Å². The highest BCUT2D eigenvalue weighted by Gasteiger charge is 2.13. The number of thiophene rings is 1. The van der Waals surface area contributed by atoms with Crippen LogP contribution in [0.2, 0.25) is 0 Å². The number of carbonyl (C=O) groups is 1. The van der Waals surface area contributed by atoms with E-state index in [-0.39, 0.29) is 24.4 Å². The van der Waals surface area contributed by atoms with Crippen molar-refractivity contribution >= 4 is 29.7 Å². The lowest BCUT2D eigenvalue weighted by atomic mass is 10.0. The fourth-order valence-corrected chi connectivity index (χ4v) is 2.22. The lowest BCUT2D eigenvalue weighted by Crippen LogP contribution is -2.42. The zero-order chi connectivity index (χ0) is 12.0. The van der Waals surface area contributed by atoms with E-state index in [0.717, 1.165) is 12.8 Å². The molecule has 0 saturated heterocycles. The maximum atomic E-state index is 11.6. The molecule has 0 bridgehead atoms. The number of hydrogen-bond donors (Lipinski definition) is 2. The fourth-order valence-electron chi connectivity index (χ4n) is 1.51. The van der Waals surface area contributed by atoms with Gasteiger partial charge in [0.05, 0.1) is 6.04 Å². The van der Waals surface area contributed by atoms with Gasteiger partial charge in [0, 0.05) is 11.4 Å². The number of halogens is 1. The predicted molar refractivity (Wildman–Crippen MR) is 75.7 cm³/mol. The van der Waals surface area contributed by atoms with Gasteiger partial charge in [-0.3, -0.25) is 4.79 Å². The van der Waals surface area contributed by atoms with Crippen LogP contribution in [0.15, 0.2) is 17.5 Å². The Labute approximate surface area is 113 Å². The summed E-state index contributed by atoms with van der Waals surface area (Å²) in [6.45, 7) is 4.81. The summed E-state index contributed by atoms with van der Waals surface area (Å²) < 4.78 is 0. The minimum atomic E-state index is -0.372. The van der Waals surface area contributed by atoms with E-state index >= 15 is 0 Å². The molecular weight excluding hydrogens is 256 g/mol. The molecule has 1 rings (SSSR count). The second kappa shape index (κ2) is 8.50. The third-order valence-corrected chi connectivity index (χ3v) is 3.25. The number of nitrogens with one attached hydrogen (secondary N) is 1. The van der Waals surface area contributed by atoms with E-state index in [1.165, 1.54) is 4.88 Å². The Bertz CT molecular complexity index is 314. The molecule has 1 heterocycles. The number of amides is 1. The molecule has 0 aliphatic carbocycles. The Hall–Kier alpha value is -0.580. The van der Waals surface area contributed by atoms with Gasteiger partial charge in [-0.2, -0.15) is 0 Å². The Morgan fingerprint density at radius 3 is 2.76 bits per heavy atom. The van der Waals surface area contributed by atoms with Crippen molar-refractivity contribution < 1.29 is 4.79 Å². The molecule has 17 heavy (non-hydrogen) atoms. The summed E-state index contributed by atoms with van der Waals surface area (Å²) in [5, 5.41) is 4.91. The second-order valence-corrected chi connectivity index (χ2v) is 5.39. The van der Waals surface area contributed by atoms with Crippen molar-refractivity contribution in [2.45, 2.75) is 32.7 Å². The highest BCUT2D eigenvalue weighted by molar-refractivity contribution is 7.09. The van der Waals surface area contributed by atoms with Crippen LogP contribution in [-0.4, -0.2) is 18.5 Å². The van der Waals surface area contributed by atoms with Crippen LogP contribution in [0.4, 0.5) is 0 Å². The van der Waals surface area contributed by atoms with Crippen LogP contribution >= 0.6 is 23.7 Å². The summed E-state index contributed by atoms with van der Waals surface area (Å²) in [5.41, 5.74) is 5.77. The van der Waals surface area contributed by atoms with Crippen LogP contribution in [0.1, 0.15) is 25.1 Å². The standard InChI is InChI=1S/C12H20N2OS.ClH/c1-9(2)8-11(13)12(15)14-6-5-10-4-3-7-16-10;/h3-4,7,9,11H,5-6,8,13H2,1-2H3,(H,14,15);1H/t11-;/m0./s1. The molecule has 0 saturated carbocycles. The molecule has 1 aromatic rings. The van der Waals surface area contributed by atoms with Crippen LogP contribution in [-0.2, 0) is 11.2 Å². The normalized spacial score (nSPS) is 12.0. The van der Waals surface area contributed by atoms with Gasteiger partial charge in [0.1, 0.15) is 0 Å². The number of rotatable bonds is 6. The Morgan fingerprint density at radius 1 is 1.53 bits per heavy atom. The fraction of sp³-hybridized carbons (Fsp3) is 0.583. The van der Waals surface area contributed by atoms with Crippen molar-refractivity contribution in [1.29, 1.82) is 0 Å². The molecule has 0 unspecified atom stereocenters. The van der Waals surface area contributed by atoms with Crippen molar-refractivity contribution in [2.75, 3.05) is 6.54 Å². The van der Waals surface area contributed by atoms with Crippen molar-refractivity contribution in [3.63, 3.8) is 0 Å². The Balaban J connectivity index is 0.00000256. The van der Waals surface area contributed by atoms with E-state index in [4.69, 9.17) is 5.73 Å². The molecule has 0 aliphatic heterocycles. The summed E-state index contributed by atoms with van der Waals surface area (Å²) in [7, 11) is 0. The first-order valence-electron chi connectivity index (χ1n) is 5.65. The molecule has 0 spiro atoms. The average Bonchev–Trinajstić information content (AvgIpc) is 2.69. The van der Waals surface area contributed by atoms with Crippen LogP contribution in [0.3, 0.4) is 0 Å². The van der Waals surface area contributed by atoms with Crippen LogP contribution in [0, 0.1) is 5.92 Å². The maximum absolute atomic E-state index is 11.6. The van der Waals surface area contributed by atoms with E-state index in [1.807, 2.05) is 11.4 Å². The third kappa shape index (κ3) is 6.66. The summed E-state index contributed by atoms with van der Waals surface area (Å²) in [4.78, 5) is 12.9. The number of hydrogen-bond acceptors (Lipinski definition) is 3. The van der Waals surface area contributed by atoms with Gasteiger partial charge >= 0.3 is 0 Å². The van der Waals surface area contributed by atoms with E-state index < -0.39 is 0 Å². The summed E-state index contributed by atoms with van der Waals surface area (Å²) in [5.74, 6) is 0.420. The van der Waals surface area contributed by atoms with Crippen LogP contribution < -0.4 is 11.1 Å². The summed E-state index contributed by atoms with van der Waals surface area (Å²) in [6.07, 6.45) is 1.63. The molecule has 0 fully saturated rings. The summed E-state index contributed by atoms with van der Waals surface area (Å²) in [6, 6.07) is 3.72. The van der Waals surface area contributed by atoms with Crippen molar-refractivity contribution in [3.8, 4) is 0 Å². The molecule has 3 N–H and O–H groups in total. The average molecular weight is 277 g/mol. The van der Waals surface area contributed by atoms with Gasteiger partial charge in [0.15, 0.2) is 0 Å². The second-order valence-electron chi connectivity index (χ2n) is 4.36. The van der Waals surface area contributed by atoms with Gasteiger partial charge in [0.2, 0.25) is 5.91 Å².